The molecule has 7 nitrogen and oxygen atoms in total. The lowest BCUT2D eigenvalue weighted by molar-refractivity contribution is -0.252. The molecule has 290 valence electrons. The van der Waals surface area contributed by atoms with Crippen LogP contribution >= 0.6 is 0 Å². The predicted molar refractivity (Wildman–Crippen MR) is 203 cm³/mol. The second-order valence-corrected chi connectivity index (χ2v) is 21.6. The van der Waals surface area contributed by atoms with Crippen molar-refractivity contribution in [2.45, 2.75) is 171 Å². The minimum absolute atomic E-state index is 0.101. The number of carbonyl (C=O) groups is 3. The first-order valence-electron chi connectivity index (χ1n) is 20.9. The Hall–Kier alpha value is -1.63. The van der Waals surface area contributed by atoms with E-state index in [0.717, 1.165) is 38.6 Å². The van der Waals surface area contributed by atoms with E-state index in [4.69, 9.17) is 4.74 Å². The number of amides is 1. The molecule has 0 aromatic heterocycles. The van der Waals surface area contributed by atoms with Crippen LogP contribution in [0.3, 0.4) is 0 Å². The Labute approximate surface area is 310 Å². The highest BCUT2D eigenvalue weighted by Crippen LogP contribution is 2.78. The predicted octanol–water partition coefficient (Wildman–Crippen LogP) is 9.08. The number of fused-ring (bicyclic) bond motifs is 7. The van der Waals surface area contributed by atoms with Crippen LogP contribution in [0.1, 0.15) is 153 Å². The fourth-order valence-corrected chi connectivity index (χ4v) is 14.7. The molecule has 3 unspecified atom stereocenters. The van der Waals surface area contributed by atoms with Gasteiger partial charge in [0, 0.05) is 37.5 Å². The Bertz CT molecular complexity index is 1360. The number of hydrogen-bond acceptors (Lipinski definition) is 5. The molecule has 5 saturated carbocycles. The van der Waals surface area contributed by atoms with Crippen molar-refractivity contribution in [3.63, 3.8) is 0 Å². The number of carbonyl (C=O) groups excluding carboxylic acids is 2. The smallest absolute Gasteiger partial charge is 0.309 e. The van der Waals surface area contributed by atoms with Gasteiger partial charge in [0.2, 0.25) is 5.91 Å². The minimum Gasteiger partial charge on any atom is -0.481 e. The third-order valence-corrected chi connectivity index (χ3v) is 18.2. The highest BCUT2D eigenvalue weighted by molar-refractivity contribution is 5.81. The van der Waals surface area contributed by atoms with Gasteiger partial charge in [-0.3, -0.25) is 14.4 Å². The number of nitrogens with zero attached hydrogens (tertiary/aromatic N) is 2. The first-order chi connectivity index (χ1) is 23.5. The van der Waals surface area contributed by atoms with E-state index in [0.29, 0.717) is 53.5 Å². The molecular formula is C44H74N2O5. The zero-order valence-electron chi connectivity index (χ0n) is 34.6. The average Bonchev–Trinajstić information content (AvgIpc) is 3.57. The number of aliphatic carboxylic acids is 1. The van der Waals surface area contributed by atoms with Gasteiger partial charge in [0.05, 0.1) is 11.8 Å². The maximum Gasteiger partial charge on any atom is 0.309 e. The lowest BCUT2D eigenvalue weighted by Crippen LogP contribution is -2.67. The Morgan fingerprint density at radius 1 is 0.902 bits per heavy atom. The average molecular weight is 711 g/mol. The lowest BCUT2D eigenvalue weighted by atomic mass is 9.32. The summed E-state index contributed by atoms with van der Waals surface area (Å²) in [6, 6.07) is 0.858. The van der Waals surface area contributed by atoms with E-state index >= 15 is 0 Å². The van der Waals surface area contributed by atoms with Gasteiger partial charge in [0.25, 0.3) is 0 Å². The van der Waals surface area contributed by atoms with Crippen molar-refractivity contribution >= 4 is 17.8 Å². The standard InChI is InChI=1S/C44H74N2O5/c1-27(2)30-15-20-44(24-35(47)46(12)29-23-28(3)45(11)26-29)22-21-42(9)31(37(30)44)13-14-33-41(8)18-17-34(51-36(48)25-39(4,5)38(49)50)40(6,7)32(41)16-19-43(33,42)10/h27-34,37H,13-26H2,1-12H3,(H,49,50)/t28?,29?,30?,31-,32+,33-,34+,37-,41+,42-,43-,44-/m1/s1. The van der Waals surface area contributed by atoms with Gasteiger partial charge in [-0.05, 0) is 156 Å². The maximum absolute atomic E-state index is 14.3. The van der Waals surface area contributed by atoms with Crippen LogP contribution < -0.4 is 0 Å². The van der Waals surface area contributed by atoms with Crippen LogP contribution in [0.25, 0.3) is 0 Å². The summed E-state index contributed by atoms with van der Waals surface area (Å²) in [6.07, 6.45) is 13.2. The highest BCUT2D eigenvalue weighted by Gasteiger charge is 2.71. The molecule has 51 heavy (non-hydrogen) atoms. The van der Waals surface area contributed by atoms with Gasteiger partial charge in [-0.1, -0.05) is 48.5 Å². The number of esters is 1. The number of likely N-dealkylation sites (tertiary alicyclic amines) is 1. The van der Waals surface area contributed by atoms with E-state index in [2.05, 4.69) is 79.3 Å². The molecule has 0 aromatic carbocycles. The molecule has 5 aliphatic carbocycles. The molecule has 1 N–H and O–H groups in total. The van der Waals surface area contributed by atoms with E-state index in [1.54, 1.807) is 13.8 Å². The molecule has 6 fully saturated rings. The summed E-state index contributed by atoms with van der Waals surface area (Å²) in [7, 11) is 4.29. The molecule has 0 spiro atoms. The van der Waals surface area contributed by atoms with Gasteiger partial charge in [-0.25, -0.2) is 0 Å². The third kappa shape index (κ3) is 6.03. The van der Waals surface area contributed by atoms with Crippen LogP contribution in [0.5, 0.6) is 0 Å². The van der Waals surface area contributed by atoms with Crippen molar-refractivity contribution < 1.29 is 24.2 Å². The van der Waals surface area contributed by atoms with Gasteiger partial charge in [-0.2, -0.15) is 0 Å². The summed E-state index contributed by atoms with van der Waals surface area (Å²) in [6.45, 7) is 24.0. The number of carboxylic acids is 1. The normalized spacial score (nSPS) is 45.0. The molecule has 1 amide bonds. The Morgan fingerprint density at radius 3 is 2.20 bits per heavy atom. The zero-order chi connectivity index (χ0) is 37.7. The summed E-state index contributed by atoms with van der Waals surface area (Å²) < 4.78 is 6.20. The van der Waals surface area contributed by atoms with Gasteiger partial charge >= 0.3 is 11.9 Å². The second kappa shape index (κ2) is 13.0. The summed E-state index contributed by atoms with van der Waals surface area (Å²) in [5.74, 6) is 2.70. The number of carboxylic acid groups (broad SMARTS) is 1. The fraction of sp³-hybridized carbons (Fsp3) is 0.932. The van der Waals surface area contributed by atoms with E-state index in [1.807, 2.05) is 0 Å². The van der Waals surface area contributed by atoms with Crippen LogP contribution in [-0.2, 0) is 19.1 Å². The van der Waals surface area contributed by atoms with Crippen molar-refractivity contribution in [3.8, 4) is 0 Å². The van der Waals surface area contributed by atoms with E-state index < -0.39 is 11.4 Å². The fourth-order valence-electron chi connectivity index (χ4n) is 14.7. The molecule has 1 aliphatic heterocycles. The monoisotopic (exact) mass is 711 g/mol. The van der Waals surface area contributed by atoms with Crippen molar-refractivity contribution in [1.82, 2.24) is 9.80 Å². The quantitative estimate of drug-likeness (QED) is 0.253. The molecule has 1 saturated heterocycles. The number of rotatable bonds is 8. The van der Waals surface area contributed by atoms with Crippen molar-refractivity contribution in [2.24, 2.45) is 68.0 Å². The maximum atomic E-state index is 14.3. The second-order valence-electron chi connectivity index (χ2n) is 21.6. The van der Waals surface area contributed by atoms with Gasteiger partial charge in [0.15, 0.2) is 0 Å². The Morgan fingerprint density at radius 2 is 1.59 bits per heavy atom. The summed E-state index contributed by atoms with van der Waals surface area (Å²) in [5, 5.41) is 9.62. The topological polar surface area (TPSA) is 87.2 Å². The Balaban J connectivity index is 1.24. The summed E-state index contributed by atoms with van der Waals surface area (Å²) in [5.41, 5.74) is -0.545. The third-order valence-electron chi connectivity index (χ3n) is 18.2. The van der Waals surface area contributed by atoms with E-state index in [1.165, 1.54) is 44.9 Å². The van der Waals surface area contributed by atoms with Crippen LogP contribution in [0, 0.1) is 68.0 Å². The van der Waals surface area contributed by atoms with Crippen LogP contribution in [0.15, 0.2) is 0 Å². The molecule has 12 atom stereocenters. The Kier molecular flexibility index (Phi) is 9.96. The number of hydrogen-bond donors (Lipinski definition) is 1. The van der Waals surface area contributed by atoms with E-state index in [-0.39, 0.29) is 45.6 Å². The minimum atomic E-state index is -1.13. The van der Waals surface area contributed by atoms with Crippen LogP contribution in [0.4, 0.5) is 0 Å². The summed E-state index contributed by atoms with van der Waals surface area (Å²) in [4.78, 5) is 43.7. The molecule has 0 bridgehead atoms. The summed E-state index contributed by atoms with van der Waals surface area (Å²) >= 11 is 0. The first kappa shape index (κ1) is 39.1. The largest absolute Gasteiger partial charge is 0.481 e. The number of ether oxygens (including phenoxy) is 1. The van der Waals surface area contributed by atoms with E-state index in [9.17, 15) is 19.5 Å². The molecular weight excluding hydrogens is 636 g/mol. The first-order valence-corrected chi connectivity index (χ1v) is 20.9. The molecule has 0 radical (unpaired) electrons. The molecule has 7 heteroatoms. The van der Waals surface area contributed by atoms with Gasteiger partial charge in [-0.15, -0.1) is 0 Å². The van der Waals surface area contributed by atoms with Crippen LogP contribution in [0.2, 0.25) is 0 Å². The van der Waals surface area contributed by atoms with Crippen LogP contribution in [-0.4, -0.2) is 71.6 Å². The van der Waals surface area contributed by atoms with Gasteiger partial charge in [0.1, 0.15) is 6.10 Å². The molecule has 1 heterocycles. The lowest BCUT2D eigenvalue weighted by Gasteiger charge is -2.73. The molecule has 0 aromatic rings. The molecule has 6 aliphatic rings. The van der Waals surface area contributed by atoms with Crippen molar-refractivity contribution in [2.75, 3.05) is 20.6 Å². The van der Waals surface area contributed by atoms with Gasteiger partial charge < -0.3 is 19.6 Å². The molecule has 6 rings (SSSR count). The number of likely N-dealkylation sites (N-methyl/N-ethyl adjacent to an activating group) is 2. The highest BCUT2D eigenvalue weighted by atomic mass is 16.5. The zero-order valence-corrected chi connectivity index (χ0v) is 34.6. The van der Waals surface area contributed by atoms with Crippen molar-refractivity contribution in [1.29, 1.82) is 0 Å². The van der Waals surface area contributed by atoms with Crippen molar-refractivity contribution in [3.05, 3.63) is 0 Å². The SMILES string of the molecule is CC(C)C1CC[C@]2(CC(=O)N(C)C3CC(C)N(C)C3)CC[C@]3(C)[C@H](CC[C@@H]4[C@@]5(C)CC[C@H](OC(=O)CC(C)(C)C(=O)O)C(C)(C)[C@@H]5CC[C@]43C)[C@@H]12.